The molecule has 1 fully saturated rings. The summed E-state index contributed by atoms with van der Waals surface area (Å²) in [5, 5.41) is 0. The van der Waals surface area contributed by atoms with Crippen molar-refractivity contribution in [1.29, 1.82) is 0 Å². The molecule has 144 valence electrons. The van der Waals surface area contributed by atoms with Gasteiger partial charge < -0.3 is 9.64 Å². The molecule has 3 nitrogen and oxygen atoms in total. The lowest BCUT2D eigenvalue weighted by Gasteiger charge is -2.34. The van der Waals surface area contributed by atoms with Gasteiger partial charge in [0.25, 0.3) is 0 Å². The van der Waals surface area contributed by atoms with Gasteiger partial charge in [-0.1, -0.05) is 31.0 Å². The molecule has 0 bridgehead atoms. The monoisotopic (exact) mass is 396 g/mol. The van der Waals surface area contributed by atoms with Crippen molar-refractivity contribution in [3.05, 3.63) is 53.7 Å². The summed E-state index contributed by atoms with van der Waals surface area (Å²) in [4.78, 5) is 6.76. The van der Waals surface area contributed by atoms with Crippen LogP contribution in [0.5, 0.6) is 11.6 Å². The average molecular weight is 397 g/mol. The minimum absolute atomic E-state index is 0. The third kappa shape index (κ3) is 6.15. The molecule has 0 unspecified atom stereocenters. The molecule has 1 aliphatic rings. The molecular weight excluding hydrogens is 367 g/mol. The SMILES string of the molecule is Cc1cccc(Oc2cccc([C@H]3CCCC[C@H]3CN(C)C)c2)n1.Cl.Cl. The Bertz CT molecular complexity index is 679. The predicted octanol–water partition coefficient (Wildman–Crippen LogP) is 5.86. The van der Waals surface area contributed by atoms with Gasteiger partial charge in [-0.3, -0.25) is 0 Å². The van der Waals surface area contributed by atoms with Gasteiger partial charge in [0.1, 0.15) is 5.75 Å². The summed E-state index contributed by atoms with van der Waals surface area (Å²) in [6, 6.07) is 14.5. The van der Waals surface area contributed by atoms with E-state index in [4.69, 9.17) is 4.74 Å². The Morgan fingerprint density at radius 3 is 2.50 bits per heavy atom. The van der Waals surface area contributed by atoms with Gasteiger partial charge in [-0.05, 0) is 69.5 Å². The fourth-order valence-corrected chi connectivity index (χ4v) is 3.84. The van der Waals surface area contributed by atoms with Crippen LogP contribution in [0.2, 0.25) is 0 Å². The van der Waals surface area contributed by atoms with Gasteiger partial charge in [0, 0.05) is 18.3 Å². The Hall–Kier alpha value is -1.29. The third-order valence-corrected chi connectivity index (χ3v) is 4.88. The van der Waals surface area contributed by atoms with E-state index in [9.17, 15) is 0 Å². The van der Waals surface area contributed by atoms with E-state index >= 15 is 0 Å². The molecule has 5 heteroatoms. The van der Waals surface area contributed by atoms with E-state index in [-0.39, 0.29) is 24.8 Å². The second-order valence-corrected chi connectivity index (χ2v) is 7.21. The van der Waals surface area contributed by atoms with Crippen molar-refractivity contribution in [2.24, 2.45) is 5.92 Å². The highest BCUT2D eigenvalue weighted by molar-refractivity contribution is 5.85. The van der Waals surface area contributed by atoms with Crippen molar-refractivity contribution in [3.8, 4) is 11.6 Å². The van der Waals surface area contributed by atoms with Crippen molar-refractivity contribution in [1.82, 2.24) is 9.88 Å². The summed E-state index contributed by atoms with van der Waals surface area (Å²) in [6.45, 7) is 3.15. The first-order valence-electron chi connectivity index (χ1n) is 8.98. The molecular formula is C21H30Cl2N2O. The highest BCUT2D eigenvalue weighted by atomic mass is 35.5. The standard InChI is InChI=1S/C21H28N2O.2ClH/c1-16-8-6-13-21(22-16)24-19-11-7-10-17(14-19)20-12-5-4-9-18(20)15-23(2)3;;/h6-8,10-11,13-14,18,20H,4-5,9,12,15H2,1-3H3;2*1H/t18-,20+;;/m0../s1. The molecule has 1 aliphatic carbocycles. The summed E-state index contributed by atoms with van der Waals surface area (Å²) in [7, 11) is 4.35. The topological polar surface area (TPSA) is 25.4 Å². The molecule has 3 rings (SSSR count). The minimum Gasteiger partial charge on any atom is -0.439 e. The van der Waals surface area contributed by atoms with Crippen LogP contribution in [0.1, 0.15) is 42.9 Å². The van der Waals surface area contributed by atoms with Gasteiger partial charge in [0.05, 0.1) is 0 Å². The lowest BCUT2D eigenvalue weighted by atomic mass is 9.75. The van der Waals surface area contributed by atoms with E-state index in [1.54, 1.807) is 0 Å². The first kappa shape index (κ1) is 22.8. The number of pyridine rings is 1. The van der Waals surface area contributed by atoms with Crippen LogP contribution in [0.15, 0.2) is 42.5 Å². The summed E-state index contributed by atoms with van der Waals surface area (Å²) in [5.74, 6) is 2.93. The zero-order valence-corrected chi connectivity index (χ0v) is 17.5. The zero-order valence-electron chi connectivity index (χ0n) is 15.9. The number of aromatic nitrogens is 1. The van der Waals surface area contributed by atoms with Crippen LogP contribution in [0.3, 0.4) is 0 Å². The number of ether oxygens (including phenoxy) is 1. The lowest BCUT2D eigenvalue weighted by molar-refractivity contribution is 0.233. The third-order valence-electron chi connectivity index (χ3n) is 4.88. The average Bonchev–Trinajstić information content (AvgIpc) is 2.55. The fourth-order valence-electron chi connectivity index (χ4n) is 3.84. The molecule has 2 aromatic rings. The summed E-state index contributed by atoms with van der Waals surface area (Å²) in [5.41, 5.74) is 2.38. The van der Waals surface area contributed by atoms with Crippen LogP contribution in [-0.4, -0.2) is 30.5 Å². The van der Waals surface area contributed by atoms with Crippen LogP contribution in [0, 0.1) is 12.8 Å². The summed E-state index contributed by atoms with van der Waals surface area (Å²) >= 11 is 0. The molecule has 0 amide bonds. The first-order valence-corrected chi connectivity index (χ1v) is 8.98. The van der Waals surface area contributed by atoms with Gasteiger partial charge in [0.15, 0.2) is 0 Å². The first-order chi connectivity index (χ1) is 11.6. The molecule has 0 N–H and O–H groups in total. The van der Waals surface area contributed by atoms with Gasteiger partial charge in [-0.25, -0.2) is 4.98 Å². The van der Waals surface area contributed by atoms with Crippen LogP contribution >= 0.6 is 24.8 Å². The summed E-state index contributed by atoms with van der Waals surface area (Å²) in [6.07, 6.45) is 5.30. The number of aryl methyl sites for hydroxylation is 1. The zero-order chi connectivity index (χ0) is 16.9. The van der Waals surface area contributed by atoms with E-state index < -0.39 is 0 Å². The molecule has 2 atom stereocenters. The molecule has 0 radical (unpaired) electrons. The van der Waals surface area contributed by atoms with Crippen molar-refractivity contribution < 1.29 is 4.74 Å². The fraction of sp³-hybridized carbons (Fsp3) is 0.476. The predicted molar refractivity (Wildman–Crippen MR) is 113 cm³/mol. The number of halogens is 2. The molecule has 1 aromatic heterocycles. The number of benzene rings is 1. The maximum atomic E-state index is 5.99. The molecule has 0 spiro atoms. The van der Waals surface area contributed by atoms with E-state index in [2.05, 4.69) is 42.2 Å². The Balaban J connectivity index is 0.00000169. The maximum absolute atomic E-state index is 5.99. The van der Waals surface area contributed by atoms with Crippen LogP contribution < -0.4 is 4.74 Å². The molecule has 26 heavy (non-hydrogen) atoms. The number of hydrogen-bond donors (Lipinski definition) is 0. The highest BCUT2D eigenvalue weighted by Crippen LogP contribution is 2.39. The van der Waals surface area contributed by atoms with E-state index in [1.165, 1.54) is 31.2 Å². The largest absolute Gasteiger partial charge is 0.439 e. The second kappa shape index (κ2) is 10.8. The summed E-state index contributed by atoms with van der Waals surface area (Å²) < 4.78 is 5.99. The molecule has 1 heterocycles. The van der Waals surface area contributed by atoms with Crippen molar-refractivity contribution in [2.75, 3.05) is 20.6 Å². The van der Waals surface area contributed by atoms with Gasteiger partial charge in [-0.2, -0.15) is 0 Å². The van der Waals surface area contributed by atoms with Crippen LogP contribution in [-0.2, 0) is 0 Å². The van der Waals surface area contributed by atoms with Crippen molar-refractivity contribution >= 4 is 24.8 Å². The molecule has 1 saturated carbocycles. The molecule has 0 aliphatic heterocycles. The quantitative estimate of drug-likeness (QED) is 0.632. The maximum Gasteiger partial charge on any atom is 0.219 e. The Kier molecular flexibility index (Phi) is 9.42. The Morgan fingerprint density at radius 2 is 1.77 bits per heavy atom. The Labute approximate surface area is 170 Å². The number of rotatable bonds is 5. The van der Waals surface area contributed by atoms with Crippen LogP contribution in [0.4, 0.5) is 0 Å². The molecule has 1 aromatic carbocycles. The van der Waals surface area contributed by atoms with Gasteiger partial charge >= 0.3 is 0 Å². The van der Waals surface area contributed by atoms with Crippen LogP contribution in [0.25, 0.3) is 0 Å². The molecule has 0 saturated heterocycles. The number of hydrogen-bond acceptors (Lipinski definition) is 3. The smallest absolute Gasteiger partial charge is 0.219 e. The van der Waals surface area contributed by atoms with Crippen molar-refractivity contribution in [2.45, 2.75) is 38.5 Å². The lowest BCUT2D eigenvalue weighted by Crippen LogP contribution is -2.28. The van der Waals surface area contributed by atoms with E-state index in [0.29, 0.717) is 11.8 Å². The minimum atomic E-state index is 0. The normalized spacial score (nSPS) is 19.4. The highest BCUT2D eigenvalue weighted by Gasteiger charge is 2.27. The van der Waals surface area contributed by atoms with Crippen molar-refractivity contribution in [3.63, 3.8) is 0 Å². The van der Waals surface area contributed by atoms with Gasteiger partial charge in [-0.15, -0.1) is 24.8 Å². The van der Waals surface area contributed by atoms with E-state index in [1.807, 2.05) is 31.2 Å². The second-order valence-electron chi connectivity index (χ2n) is 7.21. The van der Waals surface area contributed by atoms with E-state index in [0.717, 1.165) is 23.9 Å². The number of nitrogens with zero attached hydrogens (tertiary/aromatic N) is 2. The Morgan fingerprint density at radius 1 is 1.04 bits per heavy atom. The van der Waals surface area contributed by atoms with Gasteiger partial charge in [0.2, 0.25) is 5.88 Å².